The van der Waals surface area contributed by atoms with Gasteiger partial charge in [-0.25, -0.2) is 4.79 Å². The summed E-state index contributed by atoms with van der Waals surface area (Å²) in [5, 5.41) is 6.50. The van der Waals surface area contributed by atoms with E-state index in [1.807, 2.05) is 54.6 Å². The standard InChI is InChI=1S/C21H15ClN2O4/c22-18-8-4-3-7-17(18)21-23-19(28-24-21)12-27-20(25)13-26-16-10-9-14-5-1-2-6-15(14)11-16/h1-11H,12-13H2. The van der Waals surface area contributed by atoms with Crippen molar-refractivity contribution < 1.29 is 18.8 Å². The summed E-state index contributed by atoms with van der Waals surface area (Å²) in [6.45, 7) is -0.360. The summed E-state index contributed by atoms with van der Waals surface area (Å²) in [5.41, 5.74) is 0.644. The largest absolute Gasteiger partial charge is 0.482 e. The minimum atomic E-state index is -0.536. The molecule has 0 saturated heterocycles. The van der Waals surface area contributed by atoms with Crippen LogP contribution >= 0.6 is 11.6 Å². The molecule has 4 rings (SSSR count). The van der Waals surface area contributed by atoms with Gasteiger partial charge in [-0.3, -0.25) is 0 Å². The number of benzene rings is 3. The van der Waals surface area contributed by atoms with Crippen LogP contribution in [0, 0.1) is 0 Å². The van der Waals surface area contributed by atoms with Crippen molar-refractivity contribution in [3.63, 3.8) is 0 Å². The molecule has 0 atom stereocenters. The van der Waals surface area contributed by atoms with Crippen molar-refractivity contribution in [1.82, 2.24) is 10.1 Å². The second kappa shape index (κ2) is 8.10. The van der Waals surface area contributed by atoms with Gasteiger partial charge in [-0.2, -0.15) is 4.98 Å². The average molecular weight is 395 g/mol. The molecule has 0 spiro atoms. The monoisotopic (exact) mass is 394 g/mol. The Morgan fingerprint density at radius 3 is 2.64 bits per heavy atom. The molecule has 6 nitrogen and oxygen atoms in total. The smallest absolute Gasteiger partial charge is 0.344 e. The Kier molecular flexibility index (Phi) is 5.21. The van der Waals surface area contributed by atoms with E-state index in [0.29, 0.717) is 22.2 Å². The number of nitrogens with zero attached hydrogens (tertiary/aromatic N) is 2. The average Bonchev–Trinajstić information content (AvgIpc) is 3.19. The molecule has 0 bridgehead atoms. The molecule has 0 fully saturated rings. The number of aromatic nitrogens is 2. The molecular weight excluding hydrogens is 380 g/mol. The van der Waals surface area contributed by atoms with E-state index in [4.69, 9.17) is 25.6 Å². The van der Waals surface area contributed by atoms with Crippen molar-refractivity contribution >= 4 is 28.3 Å². The van der Waals surface area contributed by atoms with E-state index in [1.165, 1.54) is 0 Å². The second-order valence-electron chi connectivity index (χ2n) is 5.95. The van der Waals surface area contributed by atoms with Gasteiger partial charge in [0.2, 0.25) is 5.82 Å². The number of halogens is 1. The zero-order chi connectivity index (χ0) is 19.3. The summed E-state index contributed by atoms with van der Waals surface area (Å²) >= 11 is 6.11. The molecule has 0 N–H and O–H groups in total. The Hall–Kier alpha value is -3.38. The van der Waals surface area contributed by atoms with Gasteiger partial charge >= 0.3 is 5.97 Å². The summed E-state index contributed by atoms with van der Waals surface area (Å²) in [4.78, 5) is 16.1. The Balaban J connectivity index is 1.31. The molecule has 0 amide bonds. The van der Waals surface area contributed by atoms with Crippen molar-refractivity contribution in [2.24, 2.45) is 0 Å². The summed E-state index contributed by atoms with van der Waals surface area (Å²) in [5.74, 6) is 0.568. The van der Waals surface area contributed by atoms with Crippen molar-refractivity contribution in [2.45, 2.75) is 6.61 Å². The van der Waals surface area contributed by atoms with Crippen LogP contribution in [0.1, 0.15) is 5.89 Å². The normalized spacial score (nSPS) is 10.8. The lowest BCUT2D eigenvalue weighted by atomic mass is 10.1. The van der Waals surface area contributed by atoms with Crippen LogP contribution in [0.4, 0.5) is 0 Å². The first-order valence-corrected chi connectivity index (χ1v) is 8.91. The first kappa shape index (κ1) is 18.0. The molecule has 0 aliphatic rings. The van der Waals surface area contributed by atoms with Gasteiger partial charge in [0.15, 0.2) is 13.2 Å². The number of hydrogen-bond donors (Lipinski definition) is 0. The third-order valence-electron chi connectivity index (χ3n) is 4.02. The van der Waals surface area contributed by atoms with E-state index in [2.05, 4.69) is 10.1 Å². The van der Waals surface area contributed by atoms with Crippen molar-refractivity contribution in [3.05, 3.63) is 77.6 Å². The number of hydrogen-bond acceptors (Lipinski definition) is 6. The number of fused-ring (bicyclic) bond motifs is 1. The number of ether oxygens (including phenoxy) is 2. The molecule has 0 unspecified atom stereocenters. The lowest BCUT2D eigenvalue weighted by molar-refractivity contribution is -0.148. The molecule has 1 heterocycles. The third kappa shape index (κ3) is 4.13. The molecule has 3 aromatic carbocycles. The lowest BCUT2D eigenvalue weighted by Crippen LogP contribution is -2.14. The van der Waals surface area contributed by atoms with Gasteiger partial charge in [-0.05, 0) is 35.0 Å². The maximum Gasteiger partial charge on any atom is 0.344 e. The Labute approximate surface area is 165 Å². The SMILES string of the molecule is O=C(COc1ccc2ccccc2c1)OCc1nc(-c2ccccc2Cl)no1. The molecule has 0 radical (unpaired) electrons. The first-order valence-electron chi connectivity index (χ1n) is 8.54. The lowest BCUT2D eigenvalue weighted by Gasteiger charge is -2.07. The van der Waals surface area contributed by atoms with Crippen LogP contribution in [-0.2, 0) is 16.1 Å². The Morgan fingerprint density at radius 2 is 1.79 bits per heavy atom. The van der Waals surface area contributed by atoms with Gasteiger partial charge in [0.05, 0.1) is 5.02 Å². The third-order valence-corrected chi connectivity index (χ3v) is 4.35. The second-order valence-corrected chi connectivity index (χ2v) is 6.36. The quantitative estimate of drug-likeness (QED) is 0.442. The van der Waals surface area contributed by atoms with Crippen LogP contribution in [0.2, 0.25) is 5.02 Å². The van der Waals surface area contributed by atoms with E-state index in [9.17, 15) is 4.79 Å². The zero-order valence-corrected chi connectivity index (χ0v) is 15.4. The fraction of sp³-hybridized carbons (Fsp3) is 0.0952. The molecule has 28 heavy (non-hydrogen) atoms. The zero-order valence-electron chi connectivity index (χ0n) is 14.7. The Morgan fingerprint density at radius 1 is 1.00 bits per heavy atom. The van der Waals surface area contributed by atoms with Crippen LogP contribution in [0.5, 0.6) is 5.75 Å². The fourth-order valence-corrected chi connectivity index (χ4v) is 2.87. The number of rotatable bonds is 6. The van der Waals surface area contributed by atoms with Crippen molar-refractivity contribution in [1.29, 1.82) is 0 Å². The summed E-state index contributed by atoms with van der Waals surface area (Å²) in [6, 6.07) is 20.7. The van der Waals surface area contributed by atoms with Crippen LogP contribution in [0.25, 0.3) is 22.2 Å². The molecule has 7 heteroatoms. The van der Waals surface area contributed by atoms with Gasteiger partial charge in [0.25, 0.3) is 5.89 Å². The topological polar surface area (TPSA) is 74.5 Å². The van der Waals surface area contributed by atoms with Crippen LogP contribution < -0.4 is 4.74 Å². The summed E-state index contributed by atoms with van der Waals surface area (Å²) in [6.07, 6.45) is 0. The van der Waals surface area contributed by atoms with Gasteiger partial charge in [-0.1, -0.05) is 59.2 Å². The minimum absolute atomic E-state index is 0.142. The highest BCUT2D eigenvalue weighted by Crippen LogP contribution is 2.25. The maximum absolute atomic E-state index is 11.9. The highest BCUT2D eigenvalue weighted by molar-refractivity contribution is 6.33. The molecule has 0 aliphatic heterocycles. The molecule has 0 saturated carbocycles. The maximum atomic E-state index is 11.9. The van der Waals surface area contributed by atoms with Crippen LogP contribution in [0.15, 0.2) is 71.3 Å². The summed E-state index contributed by atoms with van der Waals surface area (Å²) < 4.78 is 15.7. The van der Waals surface area contributed by atoms with Gasteiger partial charge in [0.1, 0.15) is 5.75 Å². The van der Waals surface area contributed by atoms with Crippen LogP contribution in [0.3, 0.4) is 0 Å². The molecule has 140 valence electrons. The number of carbonyl (C=O) groups excluding carboxylic acids is 1. The first-order chi connectivity index (χ1) is 13.7. The molecule has 4 aromatic rings. The predicted molar refractivity (Wildman–Crippen MR) is 104 cm³/mol. The van der Waals surface area contributed by atoms with Crippen molar-refractivity contribution in [2.75, 3.05) is 6.61 Å². The number of esters is 1. The molecule has 1 aromatic heterocycles. The van der Waals surface area contributed by atoms with Gasteiger partial charge < -0.3 is 14.0 Å². The Bertz CT molecular complexity index is 1130. The molecule has 0 aliphatic carbocycles. The van der Waals surface area contributed by atoms with Gasteiger partial charge in [-0.15, -0.1) is 0 Å². The minimum Gasteiger partial charge on any atom is -0.482 e. The van der Waals surface area contributed by atoms with Crippen molar-refractivity contribution in [3.8, 4) is 17.1 Å². The van der Waals surface area contributed by atoms with E-state index in [-0.39, 0.29) is 19.1 Å². The van der Waals surface area contributed by atoms with E-state index < -0.39 is 5.97 Å². The van der Waals surface area contributed by atoms with Crippen LogP contribution in [-0.4, -0.2) is 22.7 Å². The van der Waals surface area contributed by atoms with E-state index in [0.717, 1.165) is 10.8 Å². The molecular formula is C21H15ClN2O4. The highest BCUT2D eigenvalue weighted by atomic mass is 35.5. The van der Waals surface area contributed by atoms with Gasteiger partial charge in [0, 0.05) is 5.56 Å². The number of carbonyl (C=O) groups is 1. The highest BCUT2D eigenvalue weighted by Gasteiger charge is 2.13. The van der Waals surface area contributed by atoms with E-state index in [1.54, 1.807) is 12.1 Å². The fourth-order valence-electron chi connectivity index (χ4n) is 2.65. The van der Waals surface area contributed by atoms with E-state index >= 15 is 0 Å². The summed E-state index contributed by atoms with van der Waals surface area (Å²) in [7, 11) is 0. The predicted octanol–water partition coefficient (Wildman–Crippen LogP) is 4.67.